The van der Waals surface area contributed by atoms with Crippen molar-refractivity contribution in [3.05, 3.63) is 124 Å². The summed E-state index contributed by atoms with van der Waals surface area (Å²) in [6.07, 6.45) is 0.226. The summed E-state index contributed by atoms with van der Waals surface area (Å²) < 4.78 is 34.8. The molecule has 45 heavy (non-hydrogen) atoms. The number of carbonyl (C=O) groups excluding carboxylic acids is 2. The molecule has 8 nitrogen and oxygen atoms in total. The molecule has 0 aliphatic heterocycles. The van der Waals surface area contributed by atoms with Gasteiger partial charge in [0, 0.05) is 24.5 Å². The highest BCUT2D eigenvalue weighted by atomic mass is 35.5. The molecule has 4 rings (SSSR count). The van der Waals surface area contributed by atoms with E-state index >= 15 is 0 Å². The third kappa shape index (κ3) is 8.44. The fourth-order valence-corrected chi connectivity index (χ4v) is 6.50. The van der Waals surface area contributed by atoms with Crippen LogP contribution < -0.4 is 14.4 Å². The number of likely N-dealkylation sites (N-methyl/N-ethyl adjacent to an activating group) is 1. The van der Waals surface area contributed by atoms with Crippen molar-refractivity contribution in [2.45, 2.75) is 44.7 Å². The Hall–Kier alpha value is -4.34. The lowest BCUT2D eigenvalue weighted by molar-refractivity contribution is -0.140. The van der Waals surface area contributed by atoms with Crippen molar-refractivity contribution < 1.29 is 22.7 Å². The molecule has 4 aromatic carbocycles. The van der Waals surface area contributed by atoms with E-state index in [2.05, 4.69) is 5.32 Å². The quantitative estimate of drug-likeness (QED) is 0.194. The molecule has 0 bridgehead atoms. The third-order valence-corrected chi connectivity index (χ3v) is 9.64. The van der Waals surface area contributed by atoms with E-state index in [0.29, 0.717) is 17.3 Å². The molecule has 0 radical (unpaired) electrons. The summed E-state index contributed by atoms with van der Waals surface area (Å²) >= 11 is 6.45. The average Bonchev–Trinajstić information content (AvgIpc) is 3.03. The number of aryl methyl sites for hydroxylation is 2. The molecular weight excluding hydrogens is 610 g/mol. The van der Waals surface area contributed by atoms with E-state index < -0.39 is 28.5 Å². The summed E-state index contributed by atoms with van der Waals surface area (Å²) in [5, 5.41) is 3.23. The Morgan fingerprint density at radius 2 is 1.58 bits per heavy atom. The van der Waals surface area contributed by atoms with Gasteiger partial charge in [0.25, 0.3) is 10.0 Å². The molecule has 0 spiro atoms. The predicted octanol–water partition coefficient (Wildman–Crippen LogP) is 5.94. The van der Waals surface area contributed by atoms with Crippen molar-refractivity contribution in [2.75, 3.05) is 24.5 Å². The zero-order valence-corrected chi connectivity index (χ0v) is 27.4. The number of rotatable bonds is 13. The van der Waals surface area contributed by atoms with Crippen molar-refractivity contribution in [3.63, 3.8) is 0 Å². The number of methoxy groups -OCH3 is 1. The van der Waals surface area contributed by atoms with Gasteiger partial charge in [-0.05, 0) is 73.9 Å². The Labute approximate surface area is 270 Å². The van der Waals surface area contributed by atoms with E-state index in [1.807, 2.05) is 57.2 Å². The van der Waals surface area contributed by atoms with Crippen LogP contribution in [0.3, 0.4) is 0 Å². The highest BCUT2D eigenvalue weighted by Gasteiger charge is 2.34. The molecule has 4 aromatic rings. The average molecular weight is 648 g/mol. The highest BCUT2D eigenvalue weighted by Crippen LogP contribution is 2.29. The van der Waals surface area contributed by atoms with Crippen LogP contribution in [-0.2, 0) is 32.6 Å². The van der Waals surface area contributed by atoms with Crippen molar-refractivity contribution >= 4 is 39.1 Å². The van der Waals surface area contributed by atoms with Crippen LogP contribution in [0.5, 0.6) is 5.75 Å². The Bertz CT molecular complexity index is 1730. The van der Waals surface area contributed by atoms with Crippen LogP contribution in [0.25, 0.3) is 0 Å². The van der Waals surface area contributed by atoms with E-state index in [1.165, 1.54) is 23.1 Å². The Morgan fingerprint density at radius 3 is 2.22 bits per heavy atom. The number of nitrogens with zero attached hydrogens (tertiary/aromatic N) is 2. The maximum atomic E-state index is 14.5. The van der Waals surface area contributed by atoms with Gasteiger partial charge in [0.1, 0.15) is 18.3 Å². The van der Waals surface area contributed by atoms with Gasteiger partial charge in [-0.2, -0.15) is 0 Å². The number of sulfonamides is 1. The first-order chi connectivity index (χ1) is 21.5. The molecule has 0 heterocycles. The van der Waals surface area contributed by atoms with Crippen LogP contribution in [0.15, 0.2) is 102 Å². The predicted molar refractivity (Wildman–Crippen MR) is 178 cm³/mol. The van der Waals surface area contributed by atoms with E-state index in [1.54, 1.807) is 49.6 Å². The molecule has 236 valence electrons. The lowest BCUT2D eigenvalue weighted by Crippen LogP contribution is -2.53. The van der Waals surface area contributed by atoms with Crippen LogP contribution in [0, 0.1) is 13.8 Å². The van der Waals surface area contributed by atoms with Crippen LogP contribution in [0.2, 0.25) is 5.02 Å². The van der Waals surface area contributed by atoms with Gasteiger partial charge in [-0.1, -0.05) is 77.8 Å². The molecule has 0 aliphatic rings. The van der Waals surface area contributed by atoms with Gasteiger partial charge in [-0.3, -0.25) is 13.9 Å². The molecular formula is C35H38ClN3O5S. The van der Waals surface area contributed by atoms with Crippen LogP contribution >= 0.6 is 11.6 Å². The minimum atomic E-state index is -4.22. The molecule has 0 saturated carbocycles. The van der Waals surface area contributed by atoms with E-state index in [0.717, 1.165) is 26.6 Å². The number of hydrogen-bond donors (Lipinski definition) is 1. The van der Waals surface area contributed by atoms with E-state index in [9.17, 15) is 18.0 Å². The van der Waals surface area contributed by atoms with Crippen LogP contribution in [-0.4, -0.2) is 51.4 Å². The molecule has 10 heteroatoms. The van der Waals surface area contributed by atoms with Crippen molar-refractivity contribution in [2.24, 2.45) is 0 Å². The standard InChI is InChI=1S/C35H38ClN3O5S/c1-5-37-35(41)33(21-27-10-7-6-8-11-27)38(23-28-12-9-13-30(20-28)44-4)34(40)24-39(29-17-16-26(3)32(36)22-29)45(42,43)31-18-14-25(2)15-19-31/h6-20,22,33H,5,21,23-24H2,1-4H3,(H,37,41). The number of amides is 2. The van der Waals surface area contributed by atoms with E-state index in [4.69, 9.17) is 16.3 Å². The zero-order chi connectivity index (χ0) is 32.6. The van der Waals surface area contributed by atoms with Crippen molar-refractivity contribution in [3.8, 4) is 5.75 Å². The van der Waals surface area contributed by atoms with Crippen molar-refractivity contribution in [1.29, 1.82) is 0 Å². The third-order valence-electron chi connectivity index (χ3n) is 7.44. The summed E-state index contributed by atoms with van der Waals surface area (Å²) in [5.41, 5.74) is 3.46. The molecule has 0 aliphatic carbocycles. The highest BCUT2D eigenvalue weighted by molar-refractivity contribution is 7.92. The number of anilines is 1. The van der Waals surface area contributed by atoms with E-state index in [-0.39, 0.29) is 29.5 Å². The second-order valence-electron chi connectivity index (χ2n) is 10.7. The molecule has 1 unspecified atom stereocenters. The maximum absolute atomic E-state index is 14.5. The first-order valence-corrected chi connectivity index (χ1v) is 16.4. The lowest BCUT2D eigenvalue weighted by atomic mass is 10.0. The smallest absolute Gasteiger partial charge is 0.264 e. The summed E-state index contributed by atoms with van der Waals surface area (Å²) in [6, 6.07) is 27.0. The Morgan fingerprint density at radius 1 is 0.889 bits per heavy atom. The summed E-state index contributed by atoms with van der Waals surface area (Å²) in [4.78, 5) is 29.6. The molecule has 1 atom stereocenters. The maximum Gasteiger partial charge on any atom is 0.264 e. The molecule has 2 amide bonds. The topological polar surface area (TPSA) is 96.0 Å². The summed E-state index contributed by atoms with van der Waals surface area (Å²) in [7, 11) is -2.67. The van der Waals surface area contributed by atoms with Gasteiger partial charge in [0.05, 0.1) is 17.7 Å². The molecule has 0 fully saturated rings. The Kier molecular flexibility index (Phi) is 11.3. The lowest BCUT2D eigenvalue weighted by Gasteiger charge is -2.34. The van der Waals surface area contributed by atoms with Crippen LogP contribution in [0.1, 0.15) is 29.2 Å². The van der Waals surface area contributed by atoms with Gasteiger partial charge in [0.15, 0.2) is 0 Å². The largest absolute Gasteiger partial charge is 0.497 e. The minimum Gasteiger partial charge on any atom is -0.497 e. The second-order valence-corrected chi connectivity index (χ2v) is 13.0. The second kappa shape index (κ2) is 15.1. The molecule has 1 N–H and O–H groups in total. The van der Waals surface area contributed by atoms with Gasteiger partial charge in [0.2, 0.25) is 11.8 Å². The summed E-state index contributed by atoms with van der Waals surface area (Å²) in [6.45, 7) is 5.32. The number of carbonyl (C=O) groups is 2. The van der Waals surface area contributed by atoms with Crippen LogP contribution in [0.4, 0.5) is 5.69 Å². The number of hydrogen-bond acceptors (Lipinski definition) is 5. The number of nitrogens with one attached hydrogen (secondary N) is 1. The normalized spacial score (nSPS) is 11.8. The first kappa shape index (κ1) is 33.6. The number of benzene rings is 4. The molecule has 0 saturated heterocycles. The van der Waals surface area contributed by atoms with Gasteiger partial charge in [-0.25, -0.2) is 8.42 Å². The molecule has 0 aromatic heterocycles. The SMILES string of the molecule is CCNC(=O)C(Cc1ccccc1)N(Cc1cccc(OC)c1)C(=O)CN(c1ccc(C)c(Cl)c1)S(=O)(=O)c1ccc(C)cc1. The monoisotopic (exact) mass is 647 g/mol. The number of halogens is 1. The number of ether oxygens (including phenoxy) is 1. The van der Waals surface area contributed by atoms with Gasteiger partial charge >= 0.3 is 0 Å². The summed E-state index contributed by atoms with van der Waals surface area (Å²) in [5.74, 6) is -0.309. The Balaban J connectivity index is 1.82. The zero-order valence-electron chi connectivity index (χ0n) is 25.9. The fourth-order valence-electron chi connectivity index (χ4n) is 4.92. The minimum absolute atomic E-state index is 0.0292. The van der Waals surface area contributed by atoms with Crippen molar-refractivity contribution in [1.82, 2.24) is 10.2 Å². The van der Waals surface area contributed by atoms with Gasteiger partial charge < -0.3 is 15.0 Å². The fraction of sp³-hybridized carbons (Fsp3) is 0.257. The van der Waals surface area contributed by atoms with Gasteiger partial charge in [-0.15, -0.1) is 0 Å². The first-order valence-electron chi connectivity index (χ1n) is 14.6.